The Balaban J connectivity index is 4.38. The van der Waals surface area contributed by atoms with Gasteiger partial charge in [-0.25, -0.2) is 0 Å². The molecule has 0 heterocycles. The van der Waals surface area contributed by atoms with Gasteiger partial charge in [-0.05, 0) is 96.3 Å². The topological polar surface area (TPSA) is 78.9 Å². The maximum absolute atomic E-state index is 13.0. The Morgan fingerprint density at radius 3 is 0.783 bits per heavy atom. The van der Waals surface area contributed by atoms with Gasteiger partial charge in [0.2, 0.25) is 0 Å². The summed E-state index contributed by atoms with van der Waals surface area (Å²) in [6, 6.07) is 0. The van der Waals surface area contributed by atoms with Crippen molar-refractivity contribution in [3.63, 3.8) is 0 Å². The fourth-order valence-electron chi connectivity index (χ4n) is 10.1. The van der Waals surface area contributed by atoms with Crippen molar-refractivity contribution in [3.8, 4) is 0 Å². The van der Waals surface area contributed by atoms with E-state index in [9.17, 15) is 14.4 Å². The molecule has 0 saturated heterocycles. The summed E-state index contributed by atoms with van der Waals surface area (Å²) in [5.74, 6) is -0.946. The van der Waals surface area contributed by atoms with E-state index in [1.807, 2.05) is 0 Å². The van der Waals surface area contributed by atoms with Crippen LogP contribution in [-0.4, -0.2) is 37.2 Å². The van der Waals surface area contributed by atoms with Crippen molar-refractivity contribution in [2.75, 3.05) is 13.2 Å². The van der Waals surface area contributed by atoms with E-state index in [4.69, 9.17) is 14.2 Å². The molecule has 0 aliphatic carbocycles. The van der Waals surface area contributed by atoms with Crippen LogP contribution in [0, 0.1) is 0 Å². The highest BCUT2D eigenvalue weighted by Crippen LogP contribution is 2.18. The van der Waals surface area contributed by atoms with Gasteiger partial charge in [0.05, 0.1) is 0 Å². The summed E-state index contributed by atoms with van der Waals surface area (Å²) in [5, 5.41) is 0. The number of hydrogen-bond donors (Lipinski definition) is 0. The Morgan fingerprint density at radius 1 is 0.253 bits per heavy atom. The maximum Gasteiger partial charge on any atom is 0.306 e. The zero-order chi connectivity index (χ0) is 59.9. The van der Waals surface area contributed by atoms with Crippen molar-refractivity contribution in [2.45, 2.75) is 348 Å². The van der Waals surface area contributed by atoms with E-state index >= 15 is 0 Å². The van der Waals surface area contributed by atoms with Gasteiger partial charge in [0.25, 0.3) is 0 Å². The van der Waals surface area contributed by atoms with Crippen molar-refractivity contribution >= 4 is 17.9 Å². The zero-order valence-electron chi connectivity index (χ0n) is 54.7. The molecule has 0 radical (unpaired) electrons. The molecule has 0 aliphatic rings. The second kappa shape index (κ2) is 70.6. The molecule has 0 saturated carbocycles. The van der Waals surface area contributed by atoms with E-state index in [1.165, 1.54) is 193 Å². The molecule has 1 atom stereocenters. The Morgan fingerprint density at radius 2 is 0.482 bits per heavy atom. The van der Waals surface area contributed by atoms with Gasteiger partial charge in [0.15, 0.2) is 6.10 Å². The van der Waals surface area contributed by atoms with E-state index in [-0.39, 0.29) is 37.5 Å². The van der Waals surface area contributed by atoms with Crippen LogP contribution >= 0.6 is 0 Å². The quantitative estimate of drug-likeness (QED) is 0.0261. The molecule has 0 spiro atoms. The number of carbonyl (C=O) groups excluding carboxylic acids is 3. The van der Waals surface area contributed by atoms with E-state index in [1.54, 1.807) is 0 Å². The number of unbranched alkanes of at least 4 members (excludes halogenated alkanes) is 35. The van der Waals surface area contributed by atoms with Gasteiger partial charge < -0.3 is 14.2 Å². The minimum Gasteiger partial charge on any atom is -0.462 e. The Hall–Kier alpha value is -3.93. The second-order valence-corrected chi connectivity index (χ2v) is 23.4. The summed E-state index contributed by atoms with van der Waals surface area (Å²) in [6.07, 6.45) is 97.0. The summed E-state index contributed by atoms with van der Waals surface area (Å²) < 4.78 is 16.9. The second-order valence-electron chi connectivity index (χ2n) is 23.4. The van der Waals surface area contributed by atoms with Crippen LogP contribution in [0.3, 0.4) is 0 Å². The van der Waals surface area contributed by atoms with Crippen LogP contribution in [0.2, 0.25) is 0 Å². The number of ether oxygens (including phenoxy) is 3. The highest BCUT2D eigenvalue weighted by Gasteiger charge is 2.19. The van der Waals surface area contributed by atoms with Crippen LogP contribution in [0.15, 0.2) is 109 Å². The first-order valence-electron chi connectivity index (χ1n) is 35.4. The molecule has 1 unspecified atom stereocenters. The molecule has 0 aromatic heterocycles. The third kappa shape index (κ3) is 68.7. The lowest BCUT2D eigenvalue weighted by Crippen LogP contribution is -2.30. The van der Waals surface area contributed by atoms with E-state index in [2.05, 4.69) is 130 Å². The van der Waals surface area contributed by atoms with Gasteiger partial charge >= 0.3 is 17.9 Å². The summed E-state index contributed by atoms with van der Waals surface area (Å²) in [4.78, 5) is 38.5. The highest BCUT2D eigenvalue weighted by molar-refractivity contribution is 5.71. The first-order valence-corrected chi connectivity index (χ1v) is 35.4. The summed E-state index contributed by atoms with van der Waals surface area (Å²) >= 11 is 0. The third-order valence-corrected chi connectivity index (χ3v) is 15.3. The van der Waals surface area contributed by atoms with Gasteiger partial charge in [0, 0.05) is 19.3 Å². The molecule has 476 valence electrons. The Bertz CT molecular complexity index is 1660. The van der Waals surface area contributed by atoms with Crippen LogP contribution in [0.25, 0.3) is 0 Å². The number of rotatable bonds is 64. The number of allylic oxidation sites excluding steroid dienone is 18. The molecule has 6 heteroatoms. The normalized spacial score (nSPS) is 12.8. The molecule has 0 N–H and O–H groups in total. The van der Waals surface area contributed by atoms with Crippen LogP contribution in [0.4, 0.5) is 0 Å². The molecular weight excluding hydrogens is 1020 g/mol. The van der Waals surface area contributed by atoms with Crippen LogP contribution in [0.5, 0.6) is 0 Å². The fraction of sp³-hybridized carbons (Fsp3) is 0.727. The van der Waals surface area contributed by atoms with Crippen molar-refractivity contribution in [1.29, 1.82) is 0 Å². The Kier molecular flexibility index (Phi) is 67.2. The van der Waals surface area contributed by atoms with Crippen molar-refractivity contribution in [3.05, 3.63) is 109 Å². The summed E-state index contributed by atoms with van der Waals surface area (Å²) in [7, 11) is 0. The third-order valence-electron chi connectivity index (χ3n) is 15.3. The summed E-state index contributed by atoms with van der Waals surface area (Å²) in [5.41, 5.74) is 0. The summed E-state index contributed by atoms with van der Waals surface area (Å²) in [6.45, 7) is 6.41. The van der Waals surface area contributed by atoms with Crippen molar-refractivity contribution < 1.29 is 28.6 Å². The first kappa shape index (κ1) is 79.1. The highest BCUT2D eigenvalue weighted by atomic mass is 16.6. The minimum absolute atomic E-state index is 0.0955. The molecular formula is C77H132O6. The lowest BCUT2D eigenvalue weighted by Gasteiger charge is -2.18. The van der Waals surface area contributed by atoms with Crippen molar-refractivity contribution in [1.82, 2.24) is 0 Å². The molecule has 0 aromatic carbocycles. The lowest BCUT2D eigenvalue weighted by molar-refractivity contribution is -0.167. The average Bonchev–Trinajstić information content (AvgIpc) is 3.49. The molecule has 0 aromatic rings. The molecule has 83 heavy (non-hydrogen) atoms. The minimum atomic E-state index is -0.806. The fourth-order valence-corrected chi connectivity index (χ4v) is 10.1. The van der Waals surface area contributed by atoms with Gasteiger partial charge in [-0.2, -0.15) is 0 Å². The zero-order valence-corrected chi connectivity index (χ0v) is 54.7. The SMILES string of the molecule is CC/C=C\C/C=C\C/C=C\C/C=C\C/C=C\CCCC(=O)OCC(COC(=O)CCCCCCCCCCCCCCCCCCCCCCCCCCC)OC(=O)CCCCCCCCCCCC/C=C\C/C=C\C/C=C\C/C=C\CC. The van der Waals surface area contributed by atoms with E-state index < -0.39 is 6.10 Å². The van der Waals surface area contributed by atoms with Gasteiger partial charge in [-0.15, -0.1) is 0 Å². The predicted molar refractivity (Wildman–Crippen MR) is 362 cm³/mol. The molecule has 0 amide bonds. The van der Waals surface area contributed by atoms with Gasteiger partial charge in [0.1, 0.15) is 13.2 Å². The van der Waals surface area contributed by atoms with Crippen LogP contribution in [-0.2, 0) is 28.6 Å². The maximum atomic E-state index is 13.0. The molecule has 0 fully saturated rings. The number of hydrogen-bond acceptors (Lipinski definition) is 6. The van der Waals surface area contributed by atoms with Crippen LogP contribution < -0.4 is 0 Å². The molecule has 0 bridgehead atoms. The predicted octanol–water partition coefficient (Wildman–Crippen LogP) is 24.6. The number of carbonyl (C=O) groups is 3. The van der Waals surface area contributed by atoms with E-state index in [0.717, 1.165) is 103 Å². The standard InChI is InChI=1S/C77H132O6/c1-4-7-10-13-16-19-22-25-28-31-33-35-37-38-40-41-43-46-49-52-55-58-61-64-67-70-76(79)82-73-74(72-81-75(78)69-66-63-60-57-54-51-48-45-30-27-24-21-18-15-12-9-6-3)83-77(80)71-68-65-62-59-56-53-50-47-44-42-39-36-34-32-29-26-23-20-17-14-11-8-5-2/h8-9,11-12,17-18,20-21,26-27,29-30,34,36,48,51,57,60,74H,4-7,10,13-16,19,22-25,28,31-33,35,37-47,49-50,52-56,58-59,61-73H2,1-3H3/b11-8-,12-9-,20-17-,21-18-,29-26-,30-27-,36-34-,51-48-,60-57-. The van der Waals surface area contributed by atoms with Gasteiger partial charge in [-0.1, -0.05) is 336 Å². The number of esters is 3. The lowest BCUT2D eigenvalue weighted by atomic mass is 10.0. The average molecular weight is 1150 g/mol. The van der Waals surface area contributed by atoms with E-state index in [0.29, 0.717) is 19.3 Å². The molecule has 0 aliphatic heterocycles. The first-order chi connectivity index (χ1) is 41.0. The van der Waals surface area contributed by atoms with Gasteiger partial charge in [-0.3, -0.25) is 14.4 Å². The molecule has 6 nitrogen and oxygen atoms in total. The smallest absolute Gasteiger partial charge is 0.306 e. The molecule has 0 rings (SSSR count). The monoisotopic (exact) mass is 1150 g/mol. The largest absolute Gasteiger partial charge is 0.462 e. The van der Waals surface area contributed by atoms with Crippen LogP contribution in [0.1, 0.15) is 342 Å². The Labute approximate surface area is 514 Å². The van der Waals surface area contributed by atoms with Crippen molar-refractivity contribution in [2.24, 2.45) is 0 Å².